The number of fused-ring (bicyclic) bond motifs is 3. The number of anilines is 1. The van der Waals surface area contributed by atoms with E-state index < -0.39 is 6.10 Å². The molecule has 0 amide bonds. The number of hydrogen-bond donors (Lipinski definition) is 1. The fourth-order valence-corrected chi connectivity index (χ4v) is 4.76. The third kappa shape index (κ3) is 3.24. The average Bonchev–Trinajstić information content (AvgIpc) is 3.35. The summed E-state index contributed by atoms with van der Waals surface area (Å²) < 4.78 is 13.3. The van der Waals surface area contributed by atoms with Crippen molar-refractivity contribution in [3.8, 4) is 5.75 Å². The molecule has 0 saturated carbocycles. The third-order valence-electron chi connectivity index (χ3n) is 6.13. The fraction of sp³-hybridized carbons (Fsp3) is 0.115. The second-order valence-corrected chi connectivity index (χ2v) is 8.49. The summed E-state index contributed by atoms with van der Waals surface area (Å²) in [5, 5.41) is 8.59. The van der Waals surface area contributed by atoms with Gasteiger partial charge in [-0.3, -0.25) is 0 Å². The Labute approximate surface area is 200 Å². The number of halogens is 1. The van der Waals surface area contributed by atoms with Gasteiger partial charge in [0.1, 0.15) is 24.2 Å². The normalized spacial score (nSPS) is 18.2. The van der Waals surface area contributed by atoms with Crippen LogP contribution in [0.4, 0.5) is 5.95 Å². The summed E-state index contributed by atoms with van der Waals surface area (Å²) >= 11 is 6.37. The quantitative estimate of drug-likeness (QED) is 0.410. The lowest BCUT2D eigenvalue weighted by Gasteiger charge is -2.39. The van der Waals surface area contributed by atoms with E-state index in [2.05, 4.69) is 27.5 Å². The molecule has 0 aliphatic carbocycles. The van der Waals surface area contributed by atoms with Crippen LogP contribution in [0, 0.1) is 0 Å². The number of benzene rings is 3. The molecule has 1 aromatic heterocycles. The molecule has 3 heterocycles. The molecule has 3 aromatic carbocycles. The molecular formula is C26H19ClN4O3. The monoisotopic (exact) mass is 470 g/mol. The van der Waals surface area contributed by atoms with Gasteiger partial charge in [-0.1, -0.05) is 54.1 Å². The first kappa shape index (κ1) is 20.5. The summed E-state index contributed by atoms with van der Waals surface area (Å²) in [5.74, 6) is 0.961. The summed E-state index contributed by atoms with van der Waals surface area (Å²) in [7, 11) is 1.37. The van der Waals surface area contributed by atoms with Crippen LogP contribution < -0.4 is 10.1 Å². The average molecular weight is 471 g/mol. The molecule has 2 atom stereocenters. The van der Waals surface area contributed by atoms with Crippen molar-refractivity contribution in [2.75, 3.05) is 12.4 Å². The summed E-state index contributed by atoms with van der Waals surface area (Å²) in [6, 6.07) is 22.7. The zero-order valence-corrected chi connectivity index (χ0v) is 18.9. The molecule has 2 unspecified atom stereocenters. The molecule has 0 spiro atoms. The first-order chi connectivity index (χ1) is 16.6. The number of esters is 1. The van der Waals surface area contributed by atoms with E-state index in [0.29, 0.717) is 22.3 Å². The number of nitrogens with one attached hydrogen (secondary N) is 1. The Hall–Kier alpha value is -4.10. The first-order valence-corrected chi connectivity index (χ1v) is 11.1. The van der Waals surface area contributed by atoms with Crippen molar-refractivity contribution < 1.29 is 14.3 Å². The van der Waals surface area contributed by atoms with E-state index in [9.17, 15) is 4.79 Å². The van der Waals surface area contributed by atoms with E-state index in [4.69, 9.17) is 21.1 Å². The standard InChI is InChI=1S/C26H19ClN4O3/c1-33-25(32)17-9-7-16(8-10-17)24-21-22(19-13-18(27)11-12-20(19)34-24)30-26-28-14-29-31(26)23(21)15-5-3-2-4-6-15/h2-14,23-24H,1H3,(H,28,29,30). The van der Waals surface area contributed by atoms with E-state index in [1.807, 2.05) is 53.2 Å². The molecule has 0 radical (unpaired) electrons. The zero-order valence-electron chi connectivity index (χ0n) is 18.1. The molecular weight excluding hydrogens is 452 g/mol. The van der Waals surface area contributed by atoms with E-state index in [1.165, 1.54) is 13.4 Å². The van der Waals surface area contributed by atoms with Crippen LogP contribution in [0.3, 0.4) is 0 Å². The van der Waals surface area contributed by atoms with Crippen LogP contribution in [0.5, 0.6) is 5.75 Å². The smallest absolute Gasteiger partial charge is 0.337 e. The molecule has 8 heteroatoms. The Morgan fingerprint density at radius 3 is 2.62 bits per heavy atom. The van der Waals surface area contributed by atoms with Gasteiger partial charge in [0.05, 0.1) is 18.4 Å². The maximum Gasteiger partial charge on any atom is 0.337 e. The summed E-state index contributed by atoms with van der Waals surface area (Å²) in [6.07, 6.45) is 1.10. The van der Waals surface area contributed by atoms with Crippen LogP contribution in [0.2, 0.25) is 5.02 Å². The number of hydrogen-bond acceptors (Lipinski definition) is 6. The largest absolute Gasteiger partial charge is 0.480 e. The van der Waals surface area contributed by atoms with Gasteiger partial charge in [0.15, 0.2) is 0 Å². The Kier molecular flexibility index (Phi) is 4.85. The van der Waals surface area contributed by atoms with E-state index in [-0.39, 0.29) is 12.0 Å². The predicted octanol–water partition coefficient (Wildman–Crippen LogP) is 5.28. The second kappa shape index (κ2) is 8.04. The van der Waals surface area contributed by atoms with Gasteiger partial charge in [0, 0.05) is 16.2 Å². The number of methoxy groups -OCH3 is 1. The lowest BCUT2D eigenvalue weighted by Crippen LogP contribution is -2.32. The second-order valence-electron chi connectivity index (χ2n) is 8.05. The summed E-state index contributed by atoms with van der Waals surface area (Å²) in [6.45, 7) is 0. The highest BCUT2D eigenvalue weighted by molar-refractivity contribution is 6.30. The van der Waals surface area contributed by atoms with Crippen LogP contribution in [0.1, 0.15) is 39.2 Å². The molecule has 1 N–H and O–H groups in total. The Bertz CT molecular complexity index is 1430. The van der Waals surface area contributed by atoms with Gasteiger partial charge < -0.3 is 14.8 Å². The van der Waals surface area contributed by atoms with Crippen molar-refractivity contribution in [3.05, 3.63) is 112 Å². The van der Waals surface area contributed by atoms with Crippen molar-refractivity contribution >= 4 is 29.2 Å². The van der Waals surface area contributed by atoms with Gasteiger partial charge in [-0.05, 0) is 41.5 Å². The van der Waals surface area contributed by atoms with Crippen molar-refractivity contribution in [2.24, 2.45) is 0 Å². The molecule has 0 saturated heterocycles. The minimum absolute atomic E-state index is 0.257. The van der Waals surface area contributed by atoms with Crippen LogP contribution in [0.25, 0.3) is 5.70 Å². The molecule has 168 valence electrons. The predicted molar refractivity (Wildman–Crippen MR) is 128 cm³/mol. The lowest BCUT2D eigenvalue weighted by atomic mass is 9.84. The minimum Gasteiger partial charge on any atom is -0.480 e. The molecule has 4 aromatic rings. The van der Waals surface area contributed by atoms with Crippen molar-refractivity contribution in [1.29, 1.82) is 0 Å². The molecule has 0 fully saturated rings. The van der Waals surface area contributed by atoms with Crippen LogP contribution in [0.15, 0.2) is 84.7 Å². The number of nitrogens with zero attached hydrogens (tertiary/aromatic N) is 3. The Morgan fingerprint density at radius 2 is 1.85 bits per heavy atom. The van der Waals surface area contributed by atoms with Crippen molar-refractivity contribution in [3.63, 3.8) is 0 Å². The zero-order chi connectivity index (χ0) is 23.2. The highest BCUT2D eigenvalue weighted by atomic mass is 35.5. The molecule has 34 heavy (non-hydrogen) atoms. The van der Waals surface area contributed by atoms with Crippen molar-refractivity contribution in [2.45, 2.75) is 12.1 Å². The van der Waals surface area contributed by atoms with E-state index in [0.717, 1.165) is 28.0 Å². The molecule has 2 aliphatic rings. The highest BCUT2D eigenvalue weighted by Gasteiger charge is 2.41. The fourth-order valence-electron chi connectivity index (χ4n) is 4.58. The van der Waals surface area contributed by atoms with Crippen molar-refractivity contribution in [1.82, 2.24) is 14.8 Å². The maximum absolute atomic E-state index is 12.0. The van der Waals surface area contributed by atoms with Gasteiger partial charge in [-0.25, -0.2) is 9.48 Å². The Morgan fingerprint density at radius 1 is 1.06 bits per heavy atom. The SMILES string of the molecule is COC(=O)c1ccc(C2Oc3ccc(Cl)cc3C3=C2C(c2ccccc2)n2ncnc2N3)cc1. The third-order valence-corrected chi connectivity index (χ3v) is 6.36. The summed E-state index contributed by atoms with van der Waals surface area (Å²) in [5.41, 5.74) is 5.15. The molecule has 6 rings (SSSR count). The molecule has 7 nitrogen and oxygen atoms in total. The molecule has 0 bridgehead atoms. The van der Waals surface area contributed by atoms with Gasteiger partial charge in [0.25, 0.3) is 0 Å². The van der Waals surface area contributed by atoms with E-state index in [1.54, 1.807) is 12.1 Å². The first-order valence-electron chi connectivity index (χ1n) is 10.7. The van der Waals surface area contributed by atoms with Gasteiger partial charge in [-0.15, -0.1) is 0 Å². The Balaban J connectivity index is 1.57. The maximum atomic E-state index is 12.0. The van der Waals surface area contributed by atoms with Gasteiger partial charge >= 0.3 is 5.97 Å². The van der Waals surface area contributed by atoms with Crippen LogP contribution >= 0.6 is 11.6 Å². The number of carbonyl (C=O) groups excluding carboxylic acids is 1. The number of aromatic nitrogens is 3. The molecule has 2 aliphatic heterocycles. The number of ether oxygens (including phenoxy) is 2. The number of carbonyl (C=O) groups is 1. The summed E-state index contributed by atoms with van der Waals surface area (Å²) in [4.78, 5) is 16.4. The van der Waals surface area contributed by atoms with Crippen LogP contribution in [-0.2, 0) is 4.74 Å². The van der Waals surface area contributed by atoms with Gasteiger partial charge in [0.2, 0.25) is 5.95 Å². The topological polar surface area (TPSA) is 78.3 Å². The highest BCUT2D eigenvalue weighted by Crippen LogP contribution is 2.50. The minimum atomic E-state index is -0.439. The van der Waals surface area contributed by atoms with Crippen LogP contribution in [-0.4, -0.2) is 27.8 Å². The lowest BCUT2D eigenvalue weighted by molar-refractivity contribution is 0.0600. The van der Waals surface area contributed by atoms with Gasteiger partial charge in [-0.2, -0.15) is 10.1 Å². The van der Waals surface area contributed by atoms with E-state index >= 15 is 0 Å². The number of rotatable bonds is 3.